The van der Waals surface area contributed by atoms with Crippen molar-refractivity contribution in [2.45, 2.75) is 25.4 Å². The van der Waals surface area contributed by atoms with Gasteiger partial charge in [0.2, 0.25) is 5.91 Å². The van der Waals surface area contributed by atoms with E-state index in [0.29, 0.717) is 12.4 Å². The number of hydrogen-bond acceptors (Lipinski definition) is 4. The number of fused-ring (bicyclic) bond motifs is 2. The second kappa shape index (κ2) is 6.24. The van der Waals surface area contributed by atoms with Crippen LogP contribution in [0.1, 0.15) is 24.0 Å². The van der Waals surface area contributed by atoms with E-state index in [0.717, 1.165) is 36.6 Å². The van der Waals surface area contributed by atoms with Crippen LogP contribution in [0.15, 0.2) is 18.3 Å². The largest absolute Gasteiger partial charge is 0.478 e. The van der Waals surface area contributed by atoms with Gasteiger partial charge < -0.3 is 10.4 Å². The van der Waals surface area contributed by atoms with E-state index in [-0.39, 0.29) is 24.4 Å². The molecule has 6 nitrogen and oxygen atoms in total. The molecule has 21 heavy (non-hydrogen) atoms. The van der Waals surface area contributed by atoms with E-state index in [1.807, 2.05) is 6.07 Å². The predicted octanol–water partition coefficient (Wildman–Crippen LogP) is 1.52. The maximum Gasteiger partial charge on any atom is 0.328 e. The van der Waals surface area contributed by atoms with E-state index in [1.165, 1.54) is 6.08 Å². The molecule has 0 saturated carbocycles. The van der Waals surface area contributed by atoms with Gasteiger partial charge >= 0.3 is 5.97 Å². The van der Waals surface area contributed by atoms with Crippen molar-refractivity contribution < 1.29 is 14.7 Å². The van der Waals surface area contributed by atoms with Crippen LogP contribution in [0.5, 0.6) is 0 Å². The summed E-state index contributed by atoms with van der Waals surface area (Å²) >= 11 is 0. The molecule has 1 aromatic heterocycles. The molecule has 3 rings (SSSR count). The topological polar surface area (TPSA) is 82.5 Å². The molecule has 1 amide bonds. The minimum absolute atomic E-state index is 0. The molecule has 0 spiro atoms. The molecule has 7 heteroatoms. The molecule has 0 aliphatic carbocycles. The van der Waals surface area contributed by atoms with Gasteiger partial charge in [0.15, 0.2) is 0 Å². The molecule has 0 bridgehead atoms. The highest BCUT2D eigenvalue weighted by Gasteiger charge is 2.34. The number of nitrogens with one attached hydrogen (secondary N) is 1. The highest BCUT2D eigenvalue weighted by molar-refractivity contribution is 5.95. The number of rotatable bonds is 2. The van der Waals surface area contributed by atoms with Gasteiger partial charge in [-0.15, -0.1) is 12.4 Å². The third kappa shape index (κ3) is 3.22. The van der Waals surface area contributed by atoms with E-state index < -0.39 is 5.97 Å². The second-order valence-electron chi connectivity index (χ2n) is 5.07. The monoisotopic (exact) mass is 309 g/mol. The number of carboxylic acid groups (broad SMARTS) is 1. The van der Waals surface area contributed by atoms with Gasteiger partial charge in [-0.3, -0.25) is 9.69 Å². The third-order valence-corrected chi connectivity index (χ3v) is 3.69. The van der Waals surface area contributed by atoms with Gasteiger partial charge in [0.25, 0.3) is 0 Å². The third-order valence-electron chi connectivity index (χ3n) is 3.69. The molecule has 1 saturated heterocycles. The molecule has 112 valence electrons. The van der Waals surface area contributed by atoms with Crippen molar-refractivity contribution in [3.8, 4) is 0 Å². The Balaban J connectivity index is 0.00000161. The van der Waals surface area contributed by atoms with E-state index in [4.69, 9.17) is 5.11 Å². The van der Waals surface area contributed by atoms with Crippen LogP contribution in [-0.2, 0) is 16.1 Å². The van der Waals surface area contributed by atoms with Crippen LogP contribution < -0.4 is 5.32 Å². The predicted molar refractivity (Wildman–Crippen MR) is 80.2 cm³/mol. The Labute approximate surface area is 128 Å². The first-order valence-corrected chi connectivity index (χ1v) is 6.58. The molecule has 0 radical (unpaired) electrons. The number of amides is 1. The van der Waals surface area contributed by atoms with Crippen molar-refractivity contribution in [2.75, 3.05) is 11.9 Å². The minimum atomic E-state index is -0.993. The molecule has 0 aromatic carbocycles. The fourth-order valence-electron chi connectivity index (χ4n) is 2.75. The van der Waals surface area contributed by atoms with Gasteiger partial charge in [0.05, 0.1) is 6.04 Å². The van der Waals surface area contributed by atoms with Crippen LogP contribution in [0, 0.1) is 0 Å². The smallest absolute Gasteiger partial charge is 0.328 e. The maximum atomic E-state index is 12.1. The number of pyridine rings is 1. The summed E-state index contributed by atoms with van der Waals surface area (Å²) in [7, 11) is 0. The molecule has 1 atom stereocenters. The quantitative estimate of drug-likeness (QED) is 0.809. The van der Waals surface area contributed by atoms with Crippen molar-refractivity contribution in [1.82, 2.24) is 9.88 Å². The van der Waals surface area contributed by atoms with Crippen LogP contribution in [0.2, 0.25) is 0 Å². The average molecular weight is 310 g/mol. The Hall–Kier alpha value is -1.92. The Kier molecular flexibility index (Phi) is 4.59. The van der Waals surface area contributed by atoms with E-state index in [9.17, 15) is 9.59 Å². The van der Waals surface area contributed by atoms with E-state index in [1.54, 1.807) is 6.20 Å². The van der Waals surface area contributed by atoms with Crippen LogP contribution in [-0.4, -0.2) is 39.5 Å². The molecular formula is C14H16ClN3O3. The summed E-state index contributed by atoms with van der Waals surface area (Å²) < 4.78 is 0. The SMILES string of the molecule is Cl.O=C(O)C=Cc1cnc2c(c1)CN1CCC[C@@H]1C(=O)N2. The Morgan fingerprint density at radius 2 is 2.33 bits per heavy atom. The zero-order chi connectivity index (χ0) is 14.1. The number of hydrogen-bond donors (Lipinski definition) is 2. The number of nitrogens with zero attached hydrogens (tertiary/aromatic N) is 2. The molecule has 1 aromatic rings. The molecule has 0 unspecified atom stereocenters. The number of aliphatic carboxylic acids is 1. The second-order valence-corrected chi connectivity index (χ2v) is 5.07. The maximum absolute atomic E-state index is 12.1. The number of carbonyl (C=O) groups is 2. The van der Waals surface area contributed by atoms with Crippen molar-refractivity contribution in [3.05, 3.63) is 29.5 Å². The van der Waals surface area contributed by atoms with E-state index >= 15 is 0 Å². The van der Waals surface area contributed by atoms with Crippen molar-refractivity contribution in [2.24, 2.45) is 0 Å². The Bertz CT molecular complexity index is 603. The molecule has 3 heterocycles. The van der Waals surface area contributed by atoms with Gasteiger partial charge in [-0.05, 0) is 37.1 Å². The van der Waals surface area contributed by atoms with Crippen LogP contribution in [0.4, 0.5) is 5.82 Å². The fourth-order valence-corrected chi connectivity index (χ4v) is 2.75. The first-order valence-electron chi connectivity index (χ1n) is 6.58. The van der Waals surface area contributed by atoms with Gasteiger partial charge in [-0.25, -0.2) is 9.78 Å². The number of halogens is 1. The van der Waals surface area contributed by atoms with Crippen LogP contribution in [0.3, 0.4) is 0 Å². The lowest BCUT2D eigenvalue weighted by Crippen LogP contribution is -2.36. The van der Waals surface area contributed by atoms with Gasteiger partial charge in [0.1, 0.15) is 5.82 Å². The summed E-state index contributed by atoms with van der Waals surface area (Å²) in [6, 6.07) is 1.81. The minimum Gasteiger partial charge on any atom is -0.478 e. The number of carbonyl (C=O) groups excluding carboxylic acids is 1. The van der Waals surface area contributed by atoms with Crippen molar-refractivity contribution in [1.29, 1.82) is 0 Å². The van der Waals surface area contributed by atoms with Gasteiger partial charge in [0, 0.05) is 24.4 Å². The summed E-state index contributed by atoms with van der Waals surface area (Å²) in [6.07, 6.45) is 6.06. The lowest BCUT2D eigenvalue weighted by Gasteiger charge is -2.19. The highest BCUT2D eigenvalue weighted by Crippen LogP contribution is 2.27. The van der Waals surface area contributed by atoms with E-state index in [2.05, 4.69) is 15.2 Å². The Morgan fingerprint density at radius 1 is 1.52 bits per heavy atom. The number of aromatic nitrogens is 1. The van der Waals surface area contributed by atoms with Crippen LogP contribution in [0.25, 0.3) is 6.08 Å². The molecular weight excluding hydrogens is 294 g/mol. The van der Waals surface area contributed by atoms with Gasteiger partial charge in [-0.2, -0.15) is 0 Å². The lowest BCUT2D eigenvalue weighted by molar-refractivity contribution is -0.131. The average Bonchev–Trinajstić information content (AvgIpc) is 2.82. The molecule has 2 aliphatic heterocycles. The lowest BCUT2D eigenvalue weighted by atomic mass is 10.1. The normalized spacial score (nSPS) is 21.1. The zero-order valence-electron chi connectivity index (χ0n) is 11.3. The summed E-state index contributed by atoms with van der Waals surface area (Å²) in [4.78, 5) is 29.0. The summed E-state index contributed by atoms with van der Waals surface area (Å²) in [6.45, 7) is 1.58. The summed E-state index contributed by atoms with van der Waals surface area (Å²) in [5.41, 5.74) is 1.65. The molecule has 1 fully saturated rings. The Morgan fingerprint density at radius 3 is 3.10 bits per heavy atom. The standard InChI is InChI=1S/C14H15N3O3.ClH/c18-12(19)4-3-9-6-10-8-17-5-1-2-11(17)14(20)16-13(10)15-7-9;/h3-4,6-7,11H,1-2,5,8H2,(H,18,19)(H,15,16,20);1H/t11-;/m1./s1. The van der Waals surface area contributed by atoms with Crippen molar-refractivity contribution >= 4 is 36.2 Å². The number of carboxylic acids is 1. The molecule has 2 N–H and O–H groups in total. The molecule has 2 aliphatic rings. The first kappa shape index (κ1) is 15.5. The summed E-state index contributed by atoms with van der Waals surface area (Å²) in [5, 5.41) is 11.5. The first-order chi connectivity index (χ1) is 9.63. The fraction of sp³-hybridized carbons (Fsp3) is 0.357. The number of anilines is 1. The van der Waals surface area contributed by atoms with Crippen LogP contribution >= 0.6 is 12.4 Å². The zero-order valence-corrected chi connectivity index (χ0v) is 12.1. The summed E-state index contributed by atoms with van der Waals surface area (Å²) in [5.74, 6) is -0.410. The van der Waals surface area contributed by atoms with Crippen molar-refractivity contribution in [3.63, 3.8) is 0 Å². The van der Waals surface area contributed by atoms with Gasteiger partial charge in [-0.1, -0.05) is 0 Å². The highest BCUT2D eigenvalue weighted by atomic mass is 35.5.